The summed E-state index contributed by atoms with van der Waals surface area (Å²) in [4.78, 5) is 10.5. The Balaban J connectivity index is 2.91. The van der Waals surface area contributed by atoms with Crippen molar-refractivity contribution in [1.82, 2.24) is 9.97 Å². The van der Waals surface area contributed by atoms with Crippen LogP contribution in [0.4, 0.5) is 5.82 Å². The Morgan fingerprint density at radius 2 is 2.06 bits per heavy atom. The first-order chi connectivity index (χ1) is 7.86. The van der Waals surface area contributed by atoms with E-state index >= 15 is 0 Å². The van der Waals surface area contributed by atoms with Crippen LogP contribution in [0, 0.1) is 0 Å². The lowest BCUT2D eigenvalue weighted by molar-refractivity contribution is 0.232. The molecule has 0 saturated carbocycles. The number of halogens is 1. The molecular formula is C12H20BrN3O. The van der Waals surface area contributed by atoms with Crippen molar-refractivity contribution in [2.45, 2.75) is 39.3 Å². The smallest absolute Gasteiger partial charge is 0.218 e. The van der Waals surface area contributed by atoms with Gasteiger partial charge in [-0.1, -0.05) is 15.9 Å². The van der Waals surface area contributed by atoms with Crippen LogP contribution in [0.25, 0.3) is 0 Å². The summed E-state index contributed by atoms with van der Waals surface area (Å²) in [5.74, 6) is 1.47. The number of alkyl halides is 1. The summed E-state index contributed by atoms with van der Waals surface area (Å²) in [6, 6.07) is 1.87. The molecule has 5 heteroatoms. The molecule has 0 aliphatic carbocycles. The summed E-state index contributed by atoms with van der Waals surface area (Å²) in [7, 11) is 2.02. The van der Waals surface area contributed by atoms with E-state index in [2.05, 4.69) is 44.6 Å². The van der Waals surface area contributed by atoms with Gasteiger partial charge in [0.1, 0.15) is 12.1 Å². The second kappa shape index (κ2) is 5.67. The molecule has 0 unspecified atom stereocenters. The van der Waals surface area contributed by atoms with Gasteiger partial charge in [-0.05, 0) is 27.7 Å². The Morgan fingerprint density at radius 1 is 1.41 bits per heavy atom. The van der Waals surface area contributed by atoms with Crippen molar-refractivity contribution in [1.29, 1.82) is 0 Å². The molecule has 96 valence electrons. The average Bonchev–Trinajstić information content (AvgIpc) is 2.27. The van der Waals surface area contributed by atoms with E-state index in [-0.39, 0.29) is 11.6 Å². The molecule has 1 rings (SSSR count). The quantitative estimate of drug-likeness (QED) is 0.784. The van der Waals surface area contributed by atoms with Crippen molar-refractivity contribution in [2.75, 3.05) is 17.3 Å². The van der Waals surface area contributed by atoms with Gasteiger partial charge < -0.3 is 9.64 Å². The number of nitrogens with zero attached hydrogens (tertiary/aromatic N) is 3. The molecule has 0 bridgehead atoms. The first-order valence-corrected chi connectivity index (χ1v) is 6.77. The fraction of sp³-hybridized carbons (Fsp3) is 0.667. The minimum Gasteiger partial charge on any atom is -0.475 e. The largest absolute Gasteiger partial charge is 0.475 e. The van der Waals surface area contributed by atoms with Gasteiger partial charge in [0.25, 0.3) is 0 Å². The van der Waals surface area contributed by atoms with Gasteiger partial charge >= 0.3 is 0 Å². The van der Waals surface area contributed by atoms with E-state index < -0.39 is 0 Å². The highest BCUT2D eigenvalue weighted by Crippen LogP contribution is 2.24. The van der Waals surface area contributed by atoms with E-state index in [1.54, 1.807) is 0 Å². The number of rotatable bonds is 5. The second-order valence-corrected chi connectivity index (χ2v) is 5.45. The summed E-state index contributed by atoms with van der Waals surface area (Å²) in [6.45, 7) is 8.25. The van der Waals surface area contributed by atoms with E-state index in [1.165, 1.54) is 6.33 Å². The molecule has 0 fully saturated rings. The molecule has 4 nitrogen and oxygen atoms in total. The standard InChI is InChI=1S/C12H20BrN3O/c1-9(2)17-11-6-10(14-8-15-11)16(5)12(3,4)7-13/h6,8-9H,7H2,1-5H3. The molecule has 0 aliphatic rings. The van der Waals surface area contributed by atoms with E-state index in [0.717, 1.165) is 11.1 Å². The predicted molar refractivity (Wildman–Crippen MR) is 74.1 cm³/mol. The van der Waals surface area contributed by atoms with E-state index in [1.807, 2.05) is 27.0 Å². The van der Waals surface area contributed by atoms with Crippen LogP contribution in [0.3, 0.4) is 0 Å². The van der Waals surface area contributed by atoms with Crippen molar-refractivity contribution in [3.05, 3.63) is 12.4 Å². The van der Waals surface area contributed by atoms with Crippen LogP contribution < -0.4 is 9.64 Å². The van der Waals surface area contributed by atoms with Gasteiger partial charge in [0.05, 0.1) is 6.10 Å². The van der Waals surface area contributed by atoms with Crippen molar-refractivity contribution in [2.24, 2.45) is 0 Å². The Morgan fingerprint density at radius 3 is 2.59 bits per heavy atom. The lowest BCUT2D eigenvalue weighted by atomic mass is 10.1. The van der Waals surface area contributed by atoms with Crippen LogP contribution in [0.2, 0.25) is 0 Å². The monoisotopic (exact) mass is 301 g/mol. The van der Waals surface area contributed by atoms with Gasteiger partial charge in [-0.15, -0.1) is 0 Å². The Bertz CT molecular complexity index is 369. The van der Waals surface area contributed by atoms with E-state index in [4.69, 9.17) is 4.74 Å². The summed E-state index contributed by atoms with van der Waals surface area (Å²) in [6.07, 6.45) is 1.65. The maximum absolute atomic E-state index is 5.56. The van der Waals surface area contributed by atoms with Crippen molar-refractivity contribution < 1.29 is 4.74 Å². The SMILES string of the molecule is CC(C)Oc1cc(N(C)C(C)(C)CBr)ncn1. The lowest BCUT2D eigenvalue weighted by Gasteiger charge is -2.35. The molecular weight excluding hydrogens is 282 g/mol. The lowest BCUT2D eigenvalue weighted by Crippen LogP contribution is -2.43. The van der Waals surface area contributed by atoms with Crippen molar-refractivity contribution in [3.8, 4) is 5.88 Å². The summed E-state index contributed by atoms with van der Waals surface area (Å²) >= 11 is 3.51. The first-order valence-electron chi connectivity index (χ1n) is 5.65. The molecule has 0 saturated heterocycles. The van der Waals surface area contributed by atoms with Gasteiger partial charge in [-0.2, -0.15) is 0 Å². The third kappa shape index (κ3) is 3.84. The Labute approximate surface area is 112 Å². The zero-order chi connectivity index (χ0) is 13.1. The topological polar surface area (TPSA) is 38.2 Å². The van der Waals surface area contributed by atoms with Crippen molar-refractivity contribution in [3.63, 3.8) is 0 Å². The van der Waals surface area contributed by atoms with E-state index in [0.29, 0.717) is 5.88 Å². The molecule has 17 heavy (non-hydrogen) atoms. The van der Waals surface area contributed by atoms with E-state index in [9.17, 15) is 0 Å². The number of hydrogen-bond acceptors (Lipinski definition) is 4. The maximum atomic E-state index is 5.56. The second-order valence-electron chi connectivity index (χ2n) is 4.89. The molecule has 1 aromatic rings. The Kier molecular flexibility index (Phi) is 4.74. The first kappa shape index (κ1) is 14.2. The summed E-state index contributed by atoms with van der Waals surface area (Å²) in [5, 5.41) is 0.862. The van der Waals surface area contributed by atoms with Gasteiger partial charge in [-0.3, -0.25) is 0 Å². The molecule has 0 amide bonds. The summed E-state index contributed by atoms with van der Waals surface area (Å²) < 4.78 is 5.56. The Hall–Kier alpha value is -0.840. The van der Waals surface area contributed by atoms with Crippen LogP contribution in [0.5, 0.6) is 5.88 Å². The zero-order valence-electron chi connectivity index (χ0n) is 11.1. The molecule has 0 atom stereocenters. The van der Waals surface area contributed by atoms with Gasteiger partial charge in [-0.25, -0.2) is 9.97 Å². The number of anilines is 1. The predicted octanol–water partition coefficient (Wildman–Crippen LogP) is 2.87. The highest BCUT2D eigenvalue weighted by atomic mass is 79.9. The van der Waals surface area contributed by atoms with Crippen LogP contribution in [-0.4, -0.2) is 34.0 Å². The van der Waals surface area contributed by atoms with Crippen LogP contribution in [0.15, 0.2) is 12.4 Å². The van der Waals surface area contributed by atoms with Crippen LogP contribution in [0.1, 0.15) is 27.7 Å². The minimum absolute atomic E-state index is 0.0105. The molecule has 0 aromatic carbocycles. The number of aromatic nitrogens is 2. The molecule has 0 N–H and O–H groups in total. The van der Waals surface area contributed by atoms with Gasteiger partial charge in [0.15, 0.2) is 0 Å². The third-order valence-corrected chi connectivity index (χ3v) is 3.93. The normalized spacial score (nSPS) is 11.7. The van der Waals surface area contributed by atoms with Crippen LogP contribution >= 0.6 is 15.9 Å². The minimum atomic E-state index is -0.0105. The zero-order valence-corrected chi connectivity index (χ0v) is 12.7. The maximum Gasteiger partial charge on any atom is 0.218 e. The molecule has 1 aromatic heterocycles. The van der Waals surface area contributed by atoms with Crippen LogP contribution in [-0.2, 0) is 0 Å². The fourth-order valence-corrected chi connectivity index (χ4v) is 1.60. The molecule has 1 heterocycles. The van der Waals surface area contributed by atoms with Gasteiger partial charge in [0.2, 0.25) is 5.88 Å². The fourth-order valence-electron chi connectivity index (χ4n) is 1.22. The molecule has 0 aliphatic heterocycles. The third-order valence-electron chi connectivity index (χ3n) is 2.56. The highest BCUT2D eigenvalue weighted by Gasteiger charge is 2.23. The molecule has 0 radical (unpaired) electrons. The molecule has 0 spiro atoms. The number of hydrogen-bond donors (Lipinski definition) is 0. The highest BCUT2D eigenvalue weighted by molar-refractivity contribution is 9.09. The average molecular weight is 302 g/mol. The van der Waals surface area contributed by atoms with Gasteiger partial charge in [0, 0.05) is 24.0 Å². The number of ether oxygens (including phenoxy) is 1. The summed E-state index contributed by atoms with van der Waals surface area (Å²) in [5.41, 5.74) is -0.0105. The van der Waals surface area contributed by atoms with Crippen molar-refractivity contribution >= 4 is 21.7 Å².